The minimum Gasteiger partial charge on any atom is -0.467 e. The molecule has 1 aromatic carbocycles. The number of carbonyl (C=O) groups is 3. The highest BCUT2D eigenvalue weighted by molar-refractivity contribution is 5.84. The third-order valence-corrected chi connectivity index (χ3v) is 2.54. The van der Waals surface area contributed by atoms with Gasteiger partial charge in [-0.1, -0.05) is 30.3 Å². The summed E-state index contributed by atoms with van der Waals surface area (Å²) in [6, 6.07) is 7.59. The quantitative estimate of drug-likeness (QED) is 0.812. The van der Waals surface area contributed by atoms with Crippen LogP contribution in [0, 0.1) is 0 Å². The third kappa shape index (κ3) is 4.38. The monoisotopic (exact) mass is 279 g/mol. The van der Waals surface area contributed by atoms with E-state index in [1.54, 1.807) is 30.3 Å². The van der Waals surface area contributed by atoms with Gasteiger partial charge in [0.05, 0.1) is 7.11 Å². The lowest BCUT2D eigenvalue weighted by atomic mass is 10.0. The fourth-order valence-electron chi connectivity index (χ4n) is 1.75. The first-order valence-electron chi connectivity index (χ1n) is 6.02. The summed E-state index contributed by atoms with van der Waals surface area (Å²) in [6.07, 6.45) is -0.940. The molecule has 0 spiro atoms. The zero-order valence-electron chi connectivity index (χ0n) is 11.6. The Balaban J connectivity index is 3.13. The second-order valence-electron chi connectivity index (χ2n) is 4.14. The van der Waals surface area contributed by atoms with Crippen molar-refractivity contribution in [3.8, 4) is 0 Å². The number of hydrogen-bond acceptors (Lipinski definition) is 5. The van der Waals surface area contributed by atoms with Crippen LogP contribution >= 0.6 is 0 Å². The van der Waals surface area contributed by atoms with Crippen LogP contribution in [0.15, 0.2) is 30.3 Å². The van der Waals surface area contributed by atoms with E-state index < -0.39 is 30.0 Å². The van der Waals surface area contributed by atoms with Gasteiger partial charge in [0.25, 0.3) is 0 Å². The fourth-order valence-corrected chi connectivity index (χ4v) is 1.75. The van der Waals surface area contributed by atoms with Crippen LogP contribution in [-0.2, 0) is 23.9 Å². The molecule has 6 heteroatoms. The molecule has 1 amide bonds. The Kier molecular flexibility index (Phi) is 5.71. The van der Waals surface area contributed by atoms with Crippen LogP contribution in [0.1, 0.15) is 25.5 Å². The minimum atomic E-state index is -1.09. The van der Waals surface area contributed by atoms with E-state index in [1.807, 2.05) is 0 Å². The molecule has 0 saturated carbocycles. The number of nitrogens with one attached hydrogen (secondary N) is 1. The van der Waals surface area contributed by atoms with E-state index in [4.69, 9.17) is 4.74 Å². The summed E-state index contributed by atoms with van der Waals surface area (Å²) in [4.78, 5) is 34.3. The fraction of sp³-hybridized carbons (Fsp3) is 0.357. The van der Waals surface area contributed by atoms with Crippen LogP contribution in [-0.4, -0.2) is 31.0 Å². The highest BCUT2D eigenvalue weighted by atomic mass is 16.6. The van der Waals surface area contributed by atoms with Crippen molar-refractivity contribution in [1.29, 1.82) is 0 Å². The topological polar surface area (TPSA) is 81.7 Å². The summed E-state index contributed by atoms with van der Waals surface area (Å²) in [5.74, 6) is -1.66. The van der Waals surface area contributed by atoms with Crippen LogP contribution < -0.4 is 5.32 Å². The number of methoxy groups -OCH3 is 1. The molecule has 6 nitrogen and oxygen atoms in total. The lowest BCUT2D eigenvalue weighted by Crippen LogP contribution is -2.46. The third-order valence-electron chi connectivity index (χ3n) is 2.54. The number of ether oxygens (including phenoxy) is 2. The molecule has 108 valence electrons. The van der Waals surface area contributed by atoms with Crippen LogP contribution in [0.5, 0.6) is 0 Å². The molecule has 0 bridgehead atoms. The Morgan fingerprint density at radius 3 is 2.15 bits per heavy atom. The summed E-state index contributed by atoms with van der Waals surface area (Å²) in [6.45, 7) is 2.50. The first kappa shape index (κ1) is 15.7. The molecule has 0 fully saturated rings. The molecule has 0 heterocycles. The number of rotatable bonds is 5. The number of benzene rings is 1. The molecule has 20 heavy (non-hydrogen) atoms. The van der Waals surface area contributed by atoms with E-state index in [-0.39, 0.29) is 0 Å². The summed E-state index contributed by atoms with van der Waals surface area (Å²) >= 11 is 0. The van der Waals surface area contributed by atoms with Gasteiger partial charge in [-0.05, 0) is 5.56 Å². The van der Waals surface area contributed by atoms with E-state index >= 15 is 0 Å². The van der Waals surface area contributed by atoms with Crippen molar-refractivity contribution >= 4 is 17.8 Å². The molecule has 1 N–H and O–H groups in total. The Morgan fingerprint density at radius 1 is 1.10 bits per heavy atom. The second kappa shape index (κ2) is 7.28. The predicted molar refractivity (Wildman–Crippen MR) is 70.6 cm³/mol. The molecule has 0 aliphatic carbocycles. The highest BCUT2D eigenvalue weighted by Gasteiger charge is 2.33. The van der Waals surface area contributed by atoms with Crippen LogP contribution in [0.3, 0.4) is 0 Å². The van der Waals surface area contributed by atoms with Crippen molar-refractivity contribution in [2.24, 2.45) is 0 Å². The standard InChI is InChI=1S/C14H17NO5/c1-9(16)15-12(14(18)19-3)13(20-10(2)17)11-7-5-4-6-8-11/h4-8,12-13H,1-3H3,(H,15,16)/t12-,13+/m1/s1. The predicted octanol–water partition coefficient (Wildman–Crippen LogP) is 0.968. The van der Waals surface area contributed by atoms with Gasteiger partial charge in [0.1, 0.15) is 0 Å². The molecule has 0 aromatic heterocycles. The summed E-state index contributed by atoms with van der Waals surface area (Å²) in [5, 5.41) is 2.44. The van der Waals surface area contributed by atoms with Gasteiger partial charge in [-0.3, -0.25) is 9.59 Å². The smallest absolute Gasteiger partial charge is 0.332 e. The van der Waals surface area contributed by atoms with Gasteiger partial charge in [-0.2, -0.15) is 0 Å². The Bertz CT molecular complexity index is 486. The average Bonchev–Trinajstić information content (AvgIpc) is 2.42. The Hall–Kier alpha value is -2.37. The number of amides is 1. The molecule has 2 atom stereocenters. The number of hydrogen-bond donors (Lipinski definition) is 1. The lowest BCUT2D eigenvalue weighted by molar-refractivity contribution is -0.157. The first-order valence-corrected chi connectivity index (χ1v) is 6.02. The maximum absolute atomic E-state index is 11.8. The molecular weight excluding hydrogens is 262 g/mol. The Morgan fingerprint density at radius 2 is 1.70 bits per heavy atom. The molecule has 1 rings (SSSR count). The maximum Gasteiger partial charge on any atom is 0.332 e. The van der Waals surface area contributed by atoms with Crippen molar-refractivity contribution in [2.45, 2.75) is 26.0 Å². The Labute approximate surface area is 117 Å². The van der Waals surface area contributed by atoms with E-state index in [9.17, 15) is 14.4 Å². The SMILES string of the molecule is COC(=O)[C@H](NC(C)=O)[C@@H](OC(C)=O)c1ccccc1. The highest BCUT2D eigenvalue weighted by Crippen LogP contribution is 2.22. The zero-order chi connectivity index (χ0) is 15.1. The van der Waals surface area contributed by atoms with E-state index in [2.05, 4.69) is 10.1 Å². The van der Waals surface area contributed by atoms with Crippen molar-refractivity contribution in [2.75, 3.05) is 7.11 Å². The van der Waals surface area contributed by atoms with Crippen molar-refractivity contribution in [3.05, 3.63) is 35.9 Å². The van der Waals surface area contributed by atoms with Crippen molar-refractivity contribution < 1.29 is 23.9 Å². The van der Waals surface area contributed by atoms with E-state index in [0.29, 0.717) is 5.56 Å². The lowest BCUT2D eigenvalue weighted by Gasteiger charge is -2.25. The molecule has 0 aliphatic heterocycles. The molecule has 0 unspecified atom stereocenters. The largest absolute Gasteiger partial charge is 0.467 e. The minimum absolute atomic E-state index is 0.423. The van der Waals surface area contributed by atoms with Crippen molar-refractivity contribution in [3.63, 3.8) is 0 Å². The van der Waals surface area contributed by atoms with Gasteiger partial charge in [0.15, 0.2) is 12.1 Å². The first-order chi connectivity index (χ1) is 9.45. The molecule has 0 saturated heterocycles. The van der Waals surface area contributed by atoms with Gasteiger partial charge < -0.3 is 14.8 Å². The normalized spacial score (nSPS) is 12.9. The van der Waals surface area contributed by atoms with Gasteiger partial charge in [0.2, 0.25) is 5.91 Å². The number of esters is 2. The van der Waals surface area contributed by atoms with E-state index in [1.165, 1.54) is 21.0 Å². The van der Waals surface area contributed by atoms with Crippen molar-refractivity contribution in [1.82, 2.24) is 5.32 Å². The maximum atomic E-state index is 11.8. The second-order valence-corrected chi connectivity index (χ2v) is 4.14. The van der Waals surface area contributed by atoms with Gasteiger partial charge in [-0.25, -0.2) is 4.79 Å². The van der Waals surface area contributed by atoms with Crippen LogP contribution in [0.4, 0.5) is 0 Å². The van der Waals surface area contributed by atoms with Crippen LogP contribution in [0.2, 0.25) is 0 Å². The van der Waals surface area contributed by atoms with E-state index in [0.717, 1.165) is 0 Å². The van der Waals surface area contributed by atoms with Gasteiger partial charge in [0, 0.05) is 13.8 Å². The molecule has 1 aromatic rings. The average molecular weight is 279 g/mol. The summed E-state index contributed by atoms with van der Waals surface area (Å²) in [7, 11) is 1.20. The summed E-state index contributed by atoms with van der Waals surface area (Å²) < 4.78 is 9.82. The molecule has 0 radical (unpaired) electrons. The molecule has 0 aliphatic rings. The zero-order valence-corrected chi connectivity index (χ0v) is 11.6. The van der Waals surface area contributed by atoms with Gasteiger partial charge in [-0.15, -0.1) is 0 Å². The summed E-state index contributed by atoms with van der Waals surface area (Å²) in [5.41, 5.74) is 0.590. The number of carbonyl (C=O) groups excluding carboxylic acids is 3. The molecular formula is C14H17NO5. The van der Waals surface area contributed by atoms with Gasteiger partial charge >= 0.3 is 11.9 Å². The van der Waals surface area contributed by atoms with Crippen LogP contribution in [0.25, 0.3) is 0 Å².